The summed E-state index contributed by atoms with van der Waals surface area (Å²) in [5.41, 5.74) is 0.675. The third kappa shape index (κ3) is 3.90. The van der Waals surface area contributed by atoms with Crippen LogP contribution in [0.3, 0.4) is 0 Å². The number of nitrogens with one attached hydrogen (secondary N) is 1. The highest BCUT2D eigenvalue weighted by Gasteiger charge is 2.14. The van der Waals surface area contributed by atoms with Gasteiger partial charge in [0, 0.05) is 36.8 Å². The maximum Gasteiger partial charge on any atom is 0.349 e. The third-order valence-electron chi connectivity index (χ3n) is 3.65. The maximum atomic E-state index is 12.0. The summed E-state index contributed by atoms with van der Waals surface area (Å²) in [6, 6.07) is 7.09. The lowest BCUT2D eigenvalue weighted by Gasteiger charge is -2.21. The highest BCUT2D eigenvalue weighted by molar-refractivity contribution is 5.97. The van der Waals surface area contributed by atoms with Crippen molar-refractivity contribution in [3.8, 4) is 0 Å². The number of anilines is 1. The molecule has 0 spiro atoms. The van der Waals surface area contributed by atoms with Crippen LogP contribution in [0.4, 0.5) is 5.69 Å². The second-order valence-electron chi connectivity index (χ2n) is 5.40. The molecule has 0 aliphatic carbocycles. The zero-order valence-corrected chi connectivity index (χ0v) is 13.6. The fourth-order valence-electron chi connectivity index (χ4n) is 2.38. The van der Waals surface area contributed by atoms with Crippen LogP contribution < -0.4 is 15.8 Å². The molecular weight excluding hydrogens is 296 g/mol. The summed E-state index contributed by atoms with van der Waals surface area (Å²) in [5, 5.41) is 12.4. The largest absolute Gasteiger partial charge is 0.422 e. The van der Waals surface area contributed by atoms with Gasteiger partial charge in [-0.15, -0.1) is 0 Å². The van der Waals surface area contributed by atoms with Gasteiger partial charge in [-0.1, -0.05) is 0 Å². The van der Waals surface area contributed by atoms with E-state index in [1.807, 2.05) is 12.1 Å². The molecule has 23 heavy (non-hydrogen) atoms. The van der Waals surface area contributed by atoms with Crippen LogP contribution in [0.25, 0.3) is 11.0 Å². The van der Waals surface area contributed by atoms with Crippen molar-refractivity contribution in [3.63, 3.8) is 0 Å². The predicted octanol–water partition coefficient (Wildman–Crippen LogP) is 1.75. The average molecular weight is 318 g/mol. The standard InChI is InChI=1S/C17H22N2O4/c1-4-19(5-2)13-7-6-12-8-14(16(21)18-10-11(3)20)17(22)23-15(12)9-13/h6-9,11,20H,4-5,10H2,1-3H3,(H,18,21). The summed E-state index contributed by atoms with van der Waals surface area (Å²) in [5.74, 6) is -0.547. The normalized spacial score (nSPS) is 12.2. The first kappa shape index (κ1) is 17.0. The van der Waals surface area contributed by atoms with E-state index in [0.717, 1.165) is 18.8 Å². The Labute approximate surface area is 134 Å². The number of benzene rings is 1. The van der Waals surface area contributed by atoms with E-state index in [4.69, 9.17) is 4.42 Å². The molecular formula is C17H22N2O4. The Hall–Kier alpha value is -2.34. The smallest absolute Gasteiger partial charge is 0.349 e. The Morgan fingerprint density at radius 1 is 1.30 bits per heavy atom. The van der Waals surface area contributed by atoms with Gasteiger partial charge in [0.05, 0.1) is 6.10 Å². The van der Waals surface area contributed by atoms with Gasteiger partial charge in [-0.3, -0.25) is 4.79 Å². The van der Waals surface area contributed by atoms with Crippen molar-refractivity contribution in [1.82, 2.24) is 5.32 Å². The molecule has 1 amide bonds. The molecule has 0 aliphatic heterocycles. The Balaban J connectivity index is 2.37. The van der Waals surface area contributed by atoms with E-state index in [0.29, 0.717) is 11.0 Å². The van der Waals surface area contributed by atoms with E-state index in [1.165, 1.54) is 6.07 Å². The van der Waals surface area contributed by atoms with Crippen LogP contribution in [0.2, 0.25) is 0 Å². The molecule has 0 bridgehead atoms. The fourth-order valence-corrected chi connectivity index (χ4v) is 2.38. The molecule has 1 unspecified atom stereocenters. The number of amides is 1. The molecule has 0 aliphatic rings. The predicted molar refractivity (Wildman–Crippen MR) is 90.1 cm³/mol. The zero-order chi connectivity index (χ0) is 17.0. The lowest BCUT2D eigenvalue weighted by Crippen LogP contribution is -2.33. The Morgan fingerprint density at radius 3 is 2.61 bits per heavy atom. The second-order valence-corrected chi connectivity index (χ2v) is 5.40. The molecule has 1 aromatic heterocycles. The molecule has 6 heteroatoms. The van der Waals surface area contributed by atoms with Crippen molar-refractivity contribution in [2.45, 2.75) is 26.9 Å². The third-order valence-corrected chi connectivity index (χ3v) is 3.65. The molecule has 1 heterocycles. The highest BCUT2D eigenvalue weighted by Crippen LogP contribution is 2.21. The first-order valence-electron chi connectivity index (χ1n) is 7.75. The number of carbonyl (C=O) groups excluding carboxylic acids is 1. The van der Waals surface area contributed by atoms with E-state index in [2.05, 4.69) is 24.1 Å². The van der Waals surface area contributed by atoms with E-state index in [1.54, 1.807) is 13.0 Å². The molecule has 6 nitrogen and oxygen atoms in total. The Kier molecular flexibility index (Phi) is 5.39. The molecule has 0 fully saturated rings. The van der Waals surface area contributed by atoms with Crippen LogP contribution in [0.15, 0.2) is 33.5 Å². The van der Waals surface area contributed by atoms with Crippen molar-refractivity contribution >= 4 is 22.6 Å². The van der Waals surface area contributed by atoms with Gasteiger partial charge in [0.1, 0.15) is 11.1 Å². The Bertz CT molecular complexity index is 748. The van der Waals surface area contributed by atoms with Gasteiger partial charge in [-0.05, 0) is 39.0 Å². The second kappa shape index (κ2) is 7.28. The summed E-state index contributed by atoms with van der Waals surface area (Å²) < 4.78 is 5.30. The van der Waals surface area contributed by atoms with Crippen molar-refractivity contribution in [2.24, 2.45) is 0 Å². The van der Waals surface area contributed by atoms with E-state index < -0.39 is 17.6 Å². The quantitative estimate of drug-likeness (QED) is 0.793. The van der Waals surface area contributed by atoms with Gasteiger partial charge >= 0.3 is 5.63 Å². The molecule has 0 radical (unpaired) electrons. The van der Waals surface area contributed by atoms with E-state index in [-0.39, 0.29) is 12.1 Å². The molecule has 1 atom stereocenters. The molecule has 124 valence electrons. The molecule has 2 N–H and O–H groups in total. The maximum absolute atomic E-state index is 12.0. The summed E-state index contributed by atoms with van der Waals surface area (Å²) >= 11 is 0. The SMILES string of the molecule is CCN(CC)c1ccc2cc(C(=O)NCC(C)O)c(=O)oc2c1. The molecule has 2 aromatic rings. The van der Waals surface area contributed by atoms with Gasteiger partial charge in [0.25, 0.3) is 5.91 Å². The number of hydrogen-bond donors (Lipinski definition) is 2. The number of aliphatic hydroxyl groups excluding tert-OH is 1. The fraction of sp³-hybridized carbons (Fsp3) is 0.412. The minimum Gasteiger partial charge on any atom is -0.422 e. The zero-order valence-electron chi connectivity index (χ0n) is 13.6. The minimum absolute atomic E-state index is 0.0614. The summed E-state index contributed by atoms with van der Waals surface area (Å²) in [6.07, 6.45) is -0.678. The number of rotatable bonds is 6. The lowest BCUT2D eigenvalue weighted by atomic mass is 10.1. The van der Waals surface area contributed by atoms with Gasteiger partial charge < -0.3 is 19.7 Å². The highest BCUT2D eigenvalue weighted by atomic mass is 16.4. The van der Waals surface area contributed by atoms with Crippen LogP contribution in [0.1, 0.15) is 31.1 Å². The van der Waals surface area contributed by atoms with Crippen LogP contribution in [0.5, 0.6) is 0 Å². The first-order valence-corrected chi connectivity index (χ1v) is 7.75. The Morgan fingerprint density at radius 2 is 2.00 bits per heavy atom. The van der Waals surface area contributed by atoms with Gasteiger partial charge in [0.2, 0.25) is 0 Å². The summed E-state index contributed by atoms with van der Waals surface area (Å²) in [4.78, 5) is 26.2. The monoisotopic (exact) mass is 318 g/mol. The lowest BCUT2D eigenvalue weighted by molar-refractivity contribution is 0.0920. The molecule has 1 aromatic carbocycles. The number of nitrogens with zero attached hydrogens (tertiary/aromatic N) is 1. The number of fused-ring (bicyclic) bond motifs is 1. The van der Waals surface area contributed by atoms with Gasteiger partial charge in [-0.25, -0.2) is 4.79 Å². The van der Waals surface area contributed by atoms with Crippen LogP contribution in [-0.4, -0.2) is 36.8 Å². The van der Waals surface area contributed by atoms with E-state index >= 15 is 0 Å². The summed E-state index contributed by atoms with van der Waals surface area (Å²) in [6.45, 7) is 7.45. The number of carbonyl (C=O) groups is 1. The molecule has 0 saturated heterocycles. The minimum atomic E-state index is -0.683. The van der Waals surface area contributed by atoms with Crippen molar-refractivity contribution < 1.29 is 14.3 Å². The van der Waals surface area contributed by atoms with Crippen LogP contribution in [-0.2, 0) is 0 Å². The average Bonchev–Trinajstić information content (AvgIpc) is 2.53. The van der Waals surface area contributed by atoms with Crippen molar-refractivity contribution in [3.05, 3.63) is 40.2 Å². The molecule has 2 rings (SSSR count). The van der Waals surface area contributed by atoms with Crippen LogP contribution in [0, 0.1) is 0 Å². The summed E-state index contributed by atoms with van der Waals surface area (Å²) in [7, 11) is 0. The number of aliphatic hydroxyl groups is 1. The number of hydrogen-bond acceptors (Lipinski definition) is 5. The van der Waals surface area contributed by atoms with Gasteiger partial charge in [-0.2, -0.15) is 0 Å². The van der Waals surface area contributed by atoms with E-state index in [9.17, 15) is 14.7 Å². The molecule has 0 saturated carbocycles. The first-order chi connectivity index (χ1) is 11.0. The van der Waals surface area contributed by atoms with Gasteiger partial charge in [0.15, 0.2) is 0 Å². The van der Waals surface area contributed by atoms with Crippen molar-refractivity contribution in [1.29, 1.82) is 0 Å². The van der Waals surface area contributed by atoms with Crippen molar-refractivity contribution in [2.75, 3.05) is 24.5 Å². The van der Waals surface area contributed by atoms with Crippen LogP contribution >= 0.6 is 0 Å². The topological polar surface area (TPSA) is 82.8 Å².